The minimum Gasteiger partial charge on any atom is -0.349 e. The number of hydrogen-bond donors (Lipinski definition) is 2. The maximum absolute atomic E-state index is 14.2. The minimum absolute atomic E-state index is 0.0510. The molecule has 0 atom stereocenters. The Bertz CT molecular complexity index is 673. The Labute approximate surface area is 143 Å². The average molecular weight is 355 g/mol. The predicted molar refractivity (Wildman–Crippen MR) is 86.3 cm³/mol. The summed E-state index contributed by atoms with van der Waals surface area (Å²) < 4.78 is 39.0. The number of aryl methyl sites for hydroxylation is 1. The fourth-order valence-electron chi connectivity index (χ4n) is 3.29. The van der Waals surface area contributed by atoms with E-state index < -0.39 is 18.1 Å². The van der Waals surface area contributed by atoms with E-state index >= 15 is 0 Å². The molecule has 136 valence electrons. The first-order valence-electron chi connectivity index (χ1n) is 8.36. The lowest BCUT2D eigenvalue weighted by Crippen LogP contribution is -2.45. The van der Waals surface area contributed by atoms with Gasteiger partial charge in [0, 0.05) is 31.2 Å². The number of benzene rings is 1. The zero-order chi connectivity index (χ0) is 18.0. The number of fused-ring (bicyclic) bond motifs is 1. The van der Waals surface area contributed by atoms with E-state index in [1.807, 2.05) is 0 Å². The molecule has 1 aromatic carbocycles. The SMILES string of the molecule is O=C1CCc2cc(C(=O)NC3CCN(CC(F)F)CC3)c(F)cc2N1. The molecule has 2 aliphatic heterocycles. The number of nitrogens with zero attached hydrogens (tertiary/aromatic N) is 1. The Hall–Kier alpha value is -2.09. The van der Waals surface area contributed by atoms with Gasteiger partial charge in [-0.25, -0.2) is 13.2 Å². The number of likely N-dealkylation sites (tertiary alicyclic amines) is 1. The molecule has 0 saturated carbocycles. The minimum atomic E-state index is -2.36. The van der Waals surface area contributed by atoms with Crippen LogP contribution < -0.4 is 10.6 Å². The molecule has 0 aromatic heterocycles. The van der Waals surface area contributed by atoms with E-state index in [2.05, 4.69) is 10.6 Å². The van der Waals surface area contributed by atoms with E-state index in [-0.39, 0.29) is 24.1 Å². The quantitative estimate of drug-likeness (QED) is 0.870. The van der Waals surface area contributed by atoms with Crippen molar-refractivity contribution < 1.29 is 22.8 Å². The molecule has 0 aliphatic carbocycles. The molecule has 2 heterocycles. The van der Waals surface area contributed by atoms with E-state index in [1.165, 1.54) is 12.1 Å². The summed E-state index contributed by atoms with van der Waals surface area (Å²) in [5.74, 6) is -1.36. The van der Waals surface area contributed by atoms with Crippen molar-refractivity contribution in [3.05, 3.63) is 29.1 Å². The van der Waals surface area contributed by atoms with Crippen LogP contribution in [0, 0.1) is 5.82 Å². The van der Waals surface area contributed by atoms with Crippen LogP contribution in [0.1, 0.15) is 35.2 Å². The maximum atomic E-state index is 14.2. The monoisotopic (exact) mass is 355 g/mol. The fourth-order valence-corrected chi connectivity index (χ4v) is 3.29. The van der Waals surface area contributed by atoms with Gasteiger partial charge in [-0.3, -0.25) is 14.5 Å². The van der Waals surface area contributed by atoms with E-state index in [0.29, 0.717) is 44.5 Å². The first kappa shape index (κ1) is 17.7. The van der Waals surface area contributed by atoms with Crippen LogP contribution in [0.2, 0.25) is 0 Å². The van der Waals surface area contributed by atoms with Crippen LogP contribution in [0.15, 0.2) is 12.1 Å². The lowest BCUT2D eigenvalue weighted by Gasteiger charge is -2.32. The van der Waals surface area contributed by atoms with Crippen LogP contribution in [0.5, 0.6) is 0 Å². The van der Waals surface area contributed by atoms with Gasteiger partial charge in [0.05, 0.1) is 12.1 Å². The van der Waals surface area contributed by atoms with Gasteiger partial charge in [-0.15, -0.1) is 0 Å². The van der Waals surface area contributed by atoms with Gasteiger partial charge in [-0.05, 0) is 37.0 Å². The van der Waals surface area contributed by atoms with Crippen LogP contribution in [0.4, 0.5) is 18.9 Å². The first-order valence-corrected chi connectivity index (χ1v) is 8.36. The van der Waals surface area contributed by atoms with E-state index in [0.717, 1.165) is 5.56 Å². The summed E-state index contributed by atoms with van der Waals surface area (Å²) in [6.07, 6.45) is -0.478. The molecular weight excluding hydrogens is 335 g/mol. The van der Waals surface area contributed by atoms with Gasteiger partial charge in [0.15, 0.2) is 0 Å². The molecule has 1 saturated heterocycles. The zero-order valence-corrected chi connectivity index (χ0v) is 13.7. The van der Waals surface area contributed by atoms with Gasteiger partial charge in [-0.2, -0.15) is 0 Å². The highest BCUT2D eigenvalue weighted by Crippen LogP contribution is 2.26. The molecular formula is C17H20F3N3O2. The van der Waals surface area contributed by atoms with Gasteiger partial charge >= 0.3 is 0 Å². The van der Waals surface area contributed by atoms with Crippen LogP contribution in [-0.4, -0.2) is 48.8 Å². The molecule has 25 heavy (non-hydrogen) atoms. The maximum Gasteiger partial charge on any atom is 0.254 e. The molecule has 1 aromatic rings. The number of alkyl halides is 2. The molecule has 2 amide bonds. The number of rotatable bonds is 4. The highest BCUT2D eigenvalue weighted by Gasteiger charge is 2.25. The first-order chi connectivity index (χ1) is 11.9. The van der Waals surface area contributed by atoms with Crippen molar-refractivity contribution in [2.75, 3.05) is 25.0 Å². The summed E-state index contributed by atoms with van der Waals surface area (Å²) in [6, 6.07) is 2.49. The Morgan fingerprint density at radius 3 is 2.68 bits per heavy atom. The third kappa shape index (κ3) is 4.31. The topological polar surface area (TPSA) is 61.4 Å². The summed E-state index contributed by atoms with van der Waals surface area (Å²) in [6.45, 7) is 0.702. The molecule has 2 N–H and O–H groups in total. The number of anilines is 1. The Kier molecular flexibility index (Phi) is 5.27. The lowest BCUT2D eigenvalue weighted by molar-refractivity contribution is -0.116. The van der Waals surface area contributed by atoms with Crippen molar-refractivity contribution >= 4 is 17.5 Å². The second-order valence-electron chi connectivity index (χ2n) is 6.48. The normalized spacial score (nSPS) is 18.8. The van der Waals surface area contributed by atoms with Crippen molar-refractivity contribution in [1.82, 2.24) is 10.2 Å². The lowest BCUT2D eigenvalue weighted by atomic mass is 9.99. The predicted octanol–water partition coefficient (Wildman–Crippen LogP) is 2.17. The van der Waals surface area contributed by atoms with E-state index in [1.54, 1.807) is 4.90 Å². The molecule has 1 fully saturated rings. The largest absolute Gasteiger partial charge is 0.349 e. The summed E-state index contributed by atoms with van der Waals surface area (Å²) in [7, 11) is 0. The Morgan fingerprint density at radius 1 is 1.28 bits per heavy atom. The smallest absolute Gasteiger partial charge is 0.254 e. The summed E-state index contributed by atoms with van der Waals surface area (Å²) >= 11 is 0. The molecule has 2 aliphatic rings. The molecule has 0 spiro atoms. The van der Waals surface area contributed by atoms with Gasteiger partial charge in [0.1, 0.15) is 5.82 Å². The molecule has 5 nitrogen and oxygen atoms in total. The third-order valence-electron chi connectivity index (χ3n) is 4.65. The Balaban J connectivity index is 1.61. The number of carbonyl (C=O) groups is 2. The number of halogens is 3. The number of amides is 2. The van der Waals surface area contributed by atoms with Gasteiger partial charge in [0.2, 0.25) is 5.91 Å². The second-order valence-corrected chi connectivity index (χ2v) is 6.48. The van der Waals surface area contributed by atoms with Crippen molar-refractivity contribution in [2.24, 2.45) is 0 Å². The number of nitrogens with one attached hydrogen (secondary N) is 2. The molecule has 8 heteroatoms. The number of hydrogen-bond acceptors (Lipinski definition) is 3. The summed E-state index contributed by atoms with van der Waals surface area (Å²) in [5, 5.41) is 5.38. The van der Waals surface area contributed by atoms with Crippen molar-refractivity contribution in [1.29, 1.82) is 0 Å². The summed E-state index contributed by atoms with van der Waals surface area (Å²) in [5.41, 5.74) is 1.09. The fraction of sp³-hybridized carbons (Fsp3) is 0.529. The molecule has 0 unspecified atom stereocenters. The van der Waals surface area contributed by atoms with Crippen LogP contribution in [0.25, 0.3) is 0 Å². The van der Waals surface area contributed by atoms with Crippen molar-refractivity contribution in [2.45, 2.75) is 38.2 Å². The van der Waals surface area contributed by atoms with Gasteiger partial charge < -0.3 is 10.6 Å². The standard InChI is InChI=1S/C17H20F3N3O2/c18-13-8-14-10(1-2-16(24)22-14)7-12(13)17(25)21-11-3-5-23(6-4-11)9-15(19)20/h7-8,11,15H,1-6,9H2,(H,21,25)(H,22,24). The average Bonchev–Trinajstić information content (AvgIpc) is 2.55. The zero-order valence-electron chi connectivity index (χ0n) is 13.7. The van der Waals surface area contributed by atoms with Crippen LogP contribution >= 0.6 is 0 Å². The van der Waals surface area contributed by atoms with Gasteiger partial charge in [0.25, 0.3) is 12.3 Å². The molecule has 0 bridgehead atoms. The van der Waals surface area contributed by atoms with Gasteiger partial charge in [-0.1, -0.05) is 0 Å². The number of piperidine rings is 1. The number of carbonyl (C=O) groups excluding carboxylic acids is 2. The highest BCUT2D eigenvalue weighted by atomic mass is 19.3. The second kappa shape index (κ2) is 7.43. The van der Waals surface area contributed by atoms with Crippen LogP contribution in [0.3, 0.4) is 0 Å². The molecule has 0 radical (unpaired) electrons. The van der Waals surface area contributed by atoms with Crippen molar-refractivity contribution in [3.63, 3.8) is 0 Å². The van der Waals surface area contributed by atoms with E-state index in [4.69, 9.17) is 0 Å². The molecule has 3 rings (SSSR count). The Morgan fingerprint density at radius 2 is 2.00 bits per heavy atom. The highest BCUT2D eigenvalue weighted by molar-refractivity contribution is 5.98. The van der Waals surface area contributed by atoms with Crippen LogP contribution in [-0.2, 0) is 11.2 Å². The van der Waals surface area contributed by atoms with Crippen molar-refractivity contribution in [3.8, 4) is 0 Å². The van der Waals surface area contributed by atoms with E-state index in [9.17, 15) is 22.8 Å². The summed E-state index contributed by atoms with van der Waals surface area (Å²) in [4.78, 5) is 25.4. The third-order valence-corrected chi connectivity index (χ3v) is 4.65.